The average Bonchev–Trinajstić information content (AvgIpc) is 3.59. The van der Waals surface area contributed by atoms with E-state index in [4.69, 9.17) is 9.72 Å². The number of imidazole rings is 1. The third-order valence-electron chi connectivity index (χ3n) is 7.86. The van der Waals surface area contributed by atoms with Crippen molar-refractivity contribution in [2.75, 3.05) is 19.0 Å². The maximum Gasteiger partial charge on any atom is 0.258 e. The summed E-state index contributed by atoms with van der Waals surface area (Å²) >= 11 is 0. The van der Waals surface area contributed by atoms with E-state index in [-0.39, 0.29) is 28.5 Å². The zero-order valence-electron chi connectivity index (χ0n) is 20.8. The van der Waals surface area contributed by atoms with Gasteiger partial charge in [-0.05, 0) is 68.5 Å². The van der Waals surface area contributed by atoms with Crippen molar-refractivity contribution >= 4 is 22.6 Å². The number of pyridine rings is 1. The number of fused-ring (bicyclic) bond motifs is 3. The topological polar surface area (TPSA) is 81.1 Å². The van der Waals surface area contributed by atoms with Crippen molar-refractivity contribution in [3.05, 3.63) is 71.2 Å². The van der Waals surface area contributed by atoms with E-state index >= 15 is 4.39 Å². The van der Waals surface area contributed by atoms with Crippen LogP contribution in [0.2, 0.25) is 0 Å². The summed E-state index contributed by atoms with van der Waals surface area (Å²) in [6, 6.07) is 9.74. The second-order valence-electron chi connectivity index (χ2n) is 9.85. The van der Waals surface area contributed by atoms with Gasteiger partial charge >= 0.3 is 0 Å². The summed E-state index contributed by atoms with van der Waals surface area (Å²) in [6.07, 6.45) is 3.35. The summed E-state index contributed by atoms with van der Waals surface area (Å²) in [5.74, 6) is -0.538. The number of rotatable bonds is 5. The molecule has 1 aliphatic carbocycles. The number of aromatic nitrogens is 3. The minimum atomic E-state index is -0.913. The quantitative estimate of drug-likeness (QED) is 0.403. The number of aryl methyl sites for hydroxylation is 2. The normalized spacial score (nSPS) is 20.5. The van der Waals surface area contributed by atoms with Gasteiger partial charge in [-0.3, -0.25) is 9.78 Å². The molecular weight excluding hydrogens is 476 g/mol. The number of amides is 1. The van der Waals surface area contributed by atoms with Gasteiger partial charge < -0.3 is 19.9 Å². The van der Waals surface area contributed by atoms with Crippen LogP contribution in [0.5, 0.6) is 5.75 Å². The molecule has 190 valence electrons. The maximum atomic E-state index is 15.7. The van der Waals surface area contributed by atoms with E-state index < -0.39 is 17.5 Å². The molecule has 1 unspecified atom stereocenters. The molecule has 1 saturated carbocycles. The molecule has 2 aliphatic rings. The molecule has 1 amide bonds. The highest BCUT2D eigenvalue weighted by Crippen LogP contribution is 2.48. The predicted octanol–water partition coefficient (Wildman–Crippen LogP) is 4.95. The predicted molar refractivity (Wildman–Crippen MR) is 137 cm³/mol. The number of methoxy groups -OCH3 is 1. The van der Waals surface area contributed by atoms with Gasteiger partial charge in [0.1, 0.15) is 23.1 Å². The van der Waals surface area contributed by atoms with Crippen molar-refractivity contribution in [2.45, 2.75) is 31.7 Å². The fourth-order valence-corrected chi connectivity index (χ4v) is 5.96. The second kappa shape index (κ2) is 8.92. The minimum absolute atomic E-state index is 0.127. The van der Waals surface area contributed by atoms with Crippen LogP contribution < -0.4 is 15.4 Å². The lowest BCUT2D eigenvalue weighted by Gasteiger charge is -2.25. The number of anilines is 1. The van der Waals surface area contributed by atoms with E-state index in [0.717, 1.165) is 41.8 Å². The molecule has 0 spiro atoms. The summed E-state index contributed by atoms with van der Waals surface area (Å²) in [7, 11) is 3.34. The lowest BCUT2D eigenvalue weighted by atomic mass is 9.86. The van der Waals surface area contributed by atoms with Crippen LogP contribution in [-0.2, 0) is 7.05 Å². The highest BCUT2D eigenvalue weighted by atomic mass is 19.1. The van der Waals surface area contributed by atoms with E-state index in [9.17, 15) is 9.18 Å². The minimum Gasteiger partial charge on any atom is -0.496 e. The Balaban J connectivity index is 1.42. The first kappa shape index (κ1) is 23.5. The Morgan fingerprint density at radius 2 is 2.03 bits per heavy atom. The van der Waals surface area contributed by atoms with Crippen LogP contribution in [0.25, 0.3) is 22.3 Å². The van der Waals surface area contributed by atoms with Gasteiger partial charge in [-0.2, -0.15) is 0 Å². The Bertz CT molecular complexity index is 1550. The molecule has 7 nitrogen and oxygen atoms in total. The number of nitrogens with one attached hydrogen (secondary N) is 2. The van der Waals surface area contributed by atoms with Gasteiger partial charge in [0.25, 0.3) is 5.91 Å². The monoisotopic (exact) mass is 503 g/mol. The molecule has 1 saturated heterocycles. The summed E-state index contributed by atoms with van der Waals surface area (Å²) < 4.78 is 37.6. The zero-order chi connectivity index (χ0) is 25.8. The van der Waals surface area contributed by atoms with Crippen LogP contribution >= 0.6 is 0 Å². The summed E-state index contributed by atoms with van der Waals surface area (Å²) in [6.45, 7) is 2.88. The van der Waals surface area contributed by atoms with Gasteiger partial charge in [0, 0.05) is 30.5 Å². The van der Waals surface area contributed by atoms with E-state index in [2.05, 4.69) is 15.6 Å². The van der Waals surface area contributed by atoms with E-state index in [0.29, 0.717) is 17.6 Å². The van der Waals surface area contributed by atoms with Crippen LogP contribution in [0.15, 0.2) is 42.6 Å². The third-order valence-corrected chi connectivity index (χ3v) is 7.86. The van der Waals surface area contributed by atoms with Crippen molar-refractivity contribution in [2.24, 2.45) is 13.0 Å². The summed E-state index contributed by atoms with van der Waals surface area (Å²) in [5.41, 5.74) is 2.83. The van der Waals surface area contributed by atoms with E-state index in [1.165, 1.54) is 37.6 Å². The largest absolute Gasteiger partial charge is 0.496 e. The molecule has 0 radical (unpaired) electrons. The van der Waals surface area contributed by atoms with Gasteiger partial charge in [0.15, 0.2) is 5.82 Å². The second-order valence-corrected chi connectivity index (χ2v) is 9.85. The molecule has 2 aromatic heterocycles. The van der Waals surface area contributed by atoms with Crippen molar-refractivity contribution in [1.82, 2.24) is 19.9 Å². The number of halogens is 2. The highest BCUT2D eigenvalue weighted by Gasteiger charge is 2.42. The molecule has 2 bridgehead atoms. The number of benzene rings is 2. The molecule has 3 heterocycles. The SMILES string of the molecule is COc1cccc(F)c1-c1nccc(C(=O)Nc2ccc3c(nc(C)n3C)c2C2C[C@H]3C[C@@H]2CN3)c1F. The molecule has 37 heavy (non-hydrogen) atoms. The average molecular weight is 504 g/mol. The Kier molecular flexibility index (Phi) is 5.67. The summed E-state index contributed by atoms with van der Waals surface area (Å²) in [5, 5.41) is 6.48. The van der Waals surface area contributed by atoms with Crippen LogP contribution in [-0.4, -0.2) is 40.1 Å². The van der Waals surface area contributed by atoms with Crippen molar-refractivity contribution in [3.63, 3.8) is 0 Å². The van der Waals surface area contributed by atoms with E-state index in [1.807, 2.05) is 30.7 Å². The molecule has 1 aliphatic heterocycles. The number of carbonyl (C=O) groups is 1. The standard InChI is InChI=1S/C28H27F2N5O2/c1-14-33-26-21(35(14)2)8-7-20(23(26)18-12-16-11-15(18)13-32-16)34-28(36)17-9-10-31-27(25(17)30)24-19(29)5-4-6-22(24)37-3/h4-10,15-16,18,32H,11-13H2,1-3H3,(H,34,36)/t15-,16-,18?/m1/s1. The molecule has 6 rings (SSSR count). The number of hydrogen-bond acceptors (Lipinski definition) is 5. The summed E-state index contributed by atoms with van der Waals surface area (Å²) in [4.78, 5) is 22.3. The fraction of sp³-hybridized carbons (Fsp3) is 0.321. The number of piperidine rings is 1. The van der Waals surface area contributed by atoms with Gasteiger partial charge in [0.05, 0.1) is 29.3 Å². The first-order valence-corrected chi connectivity index (χ1v) is 12.4. The smallest absolute Gasteiger partial charge is 0.258 e. The highest BCUT2D eigenvalue weighted by molar-refractivity contribution is 6.06. The number of ether oxygens (including phenoxy) is 1. The molecule has 2 aromatic carbocycles. The first-order chi connectivity index (χ1) is 17.9. The Morgan fingerprint density at radius 1 is 1.19 bits per heavy atom. The van der Waals surface area contributed by atoms with Gasteiger partial charge in [-0.25, -0.2) is 13.8 Å². The van der Waals surface area contributed by atoms with Gasteiger partial charge in [0.2, 0.25) is 0 Å². The van der Waals surface area contributed by atoms with Crippen LogP contribution in [0, 0.1) is 24.5 Å². The van der Waals surface area contributed by atoms with Crippen molar-refractivity contribution in [3.8, 4) is 17.0 Å². The Labute approximate surface area is 212 Å². The Hall–Kier alpha value is -3.85. The molecular formula is C28H27F2N5O2. The van der Waals surface area contributed by atoms with Gasteiger partial charge in [-0.1, -0.05) is 6.07 Å². The molecule has 9 heteroatoms. The maximum absolute atomic E-state index is 15.7. The van der Waals surface area contributed by atoms with Crippen LogP contribution in [0.3, 0.4) is 0 Å². The number of nitrogens with zero attached hydrogens (tertiary/aromatic N) is 3. The van der Waals surface area contributed by atoms with Crippen molar-refractivity contribution in [1.29, 1.82) is 0 Å². The zero-order valence-corrected chi connectivity index (χ0v) is 20.8. The molecule has 2 N–H and O–H groups in total. The van der Waals surface area contributed by atoms with E-state index in [1.54, 1.807) is 0 Å². The lowest BCUT2D eigenvalue weighted by Crippen LogP contribution is -2.29. The first-order valence-electron chi connectivity index (χ1n) is 12.4. The number of hydrogen-bond donors (Lipinski definition) is 2. The number of carbonyl (C=O) groups excluding carboxylic acids is 1. The Morgan fingerprint density at radius 3 is 2.76 bits per heavy atom. The molecule has 2 fully saturated rings. The fourth-order valence-electron chi connectivity index (χ4n) is 5.96. The molecule has 4 aromatic rings. The van der Waals surface area contributed by atoms with Gasteiger partial charge in [-0.15, -0.1) is 0 Å². The van der Waals surface area contributed by atoms with Crippen LogP contribution in [0.4, 0.5) is 14.5 Å². The lowest BCUT2D eigenvalue weighted by molar-refractivity contribution is 0.102. The van der Waals surface area contributed by atoms with Crippen molar-refractivity contribution < 1.29 is 18.3 Å². The molecule has 3 atom stereocenters. The third kappa shape index (κ3) is 3.76. The van der Waals surface area contributed by atoms with Crippen LogP contribution in [0.1, 0.15) is 40.5 Å².